The van der Waals surface area contributed by atoms with Crippen LogP contribution < -0.4 is 5.32 Å². The van der Waals surface area contributed by atoms with Crippen LogP contribution in [0, 0.1) is 0 Å². The molecule has 0 radical (unpaired) electrons. The third kappa shape index (κ3) is 2.26. The molecule has 0 bridgehead atoms. The first-order valence-electron chi connectivity index (χ1n) is 6.35. The Bertz CT molecular complexity index is 545. The van der Waals surface area contributed by atoms with E-state index in [4.69, 9.17) is 0 Å². The Labute approximate surface area is 105 Å². The van der Waals surface area contributed by atoms with E-state index in [2.05, 4.69) is 20.3 Å². The number of anilines is 1. The van der Waals surface area contributed by atoms with E-state index in [1.54, 1.807) is 12.4 Å². The average molecular weight is 244 g/mol. The van der Waals surface area contributed by atoms with Crippen LogP contribution in [-0.2, 0) is 0 Å². The Balaban J connectivity index is 1.81. The lowest BCUT2D eigenvalue weighted by molar-refractivity contribution is 0.116. The molecule has 0 aromatic carbocycles. The molecule has 5 heteroatoms. The van der Waals surface area contributed by atoms with E-state index in [1.807, 2.05) is 12.1 Å². The summed E-state index contributed by atoms with van der Waals surface area (Å²) in [7, 11) is 0. The molecule has 2 aromatic heterocycles. The van der Waals surface area contributed by atoms with Gasteiger partial charge < -0.3 is 10.4 Å². The molecule has 1 aliphatic carbocycles. The van der Waals surface area contributed by atoms with Gasteiger partial charge in [0.25, 0.3) is 0 Å². The fraction of sp³-hybridized carbons (Fsp3) is 0.462. The predicted octanol–water partition coefficient (Wildman–Crippen LogP) is 1.74. The molecular formula is C13H16N4O. The summed E-state index contributed by atoms with van der Waals surface area (Å²) in [4.78, 5) is 12.8. The fourth-order valence-electron chi connectivity index (χ4n) is 2.40. The zero-order valence-electron chi connectivity index (χ0n) is 10.1. The van der Waals surface area contributed by atoms with Gasteiger partial charge in [0.15, 0.2) is 5.65 Å². The maximum atomic E-state index is 9.93. The maximum absolute atomic E-state index is 9.93. The van der Waals surface area contributed by atoms with Gasteiger partial charge in [-0.25, -0.2) is 9.97 Å². The second kappa shape index (κ2) is 4.86. The second-order valence-electron chi connectivity index (χ2n) is 4.70. The first kappa shape index (κ1) is 11.3. The zero-order valence-corrected chi connectivity index (χ0v) is 10.1. The standard InChI is InChI=1S/C13H16N4O/c18-11-4-2-1-3-9(11)16-12-6-5-10-13(17-12)15-8-7-14-10/h5-9,11,18H,1-4H2,(H,15,16,17). The van der Waals surface area contributed by atoms with E-state index >= 15 is 0 Å². The first-order valence-corrected chi connectivity index (χ1v) is 6.35. The molecule has 2 N–H and O–H groups in total. The molecule has 94 valence electrons. The van der Waals surface area contributed by atoms with E-state index in [0.29, 0.717) is 5.65 Å². The summed E-state index contributed by atoms with van der Waals surface area (Å²) in [5, 5.41) is 13.2. The van der Waals surface area contributed by atoms with E-state index in [0.717, 1.165) is 37.0 Å². The van der Waals surface area contributed by atoms with Crippen LogP contribution in [0.25, 0.3) is 11.2 Å². The van der Waals surface area contributed by atoms with Gasteiger partial charge in [-0.15, -0.1) is 0 Å². The quantitative estimate of drug-likeness (QED) is 0.842. The highest BCUT2D eigenvalue weighted by Crippen LogP contribution is 2.22. The van der Waals surface area contributed by atoms with Crippen LogP contribution in [0.3, 0.4) is 0 Å². The summed E-state index contributed by atoms with van der Waals surface area (Å²) in [6.45, 7) is 0. The van der Waals surface area contributed by atoms with E-state index < -0.39 is 0 Å². The summed E-state index contributed by atoms with van der Waals surface area (Å²) in [6.07, 6.45) is 7.12. The highest BCUT2D eigenvalue weighted by Gasteiger charge is 2.22. The first-order chi connectivity index (χ1) is 8.83. The summed E-state index contributed by atoms with van der Waals surface area (Å²) < 4.78 is 0. The van der Waals surface area contributed by atoms with E-state index in [-0.39, 0.29) is 12.1 Å². The van der Waals surface area contributed by atoms with Gasteiger partial charge in [-0.3, -0.25) is 4.98 Å². The molecule has 3 rings (SSSR count). The molecule has 0 aliphatic heterocycles. The van der Waals surface area contributed by atoms with Crippen molar-refractivity contribution in [3.8, 4) is 0 Å². The van der Waals surface area contributed by atoms with Crippen molar-refractivity contribution < 1.29 is 5.11 Å². The molecule has 0 spiro atoms. The molecule has 0 saturated heterocycles. The molecule has 0 amide bonds. The van der Waals surface area contributed by atoms with Crippen molar-refractivity contribution in [1.82, 2.24) is 15.0 Å². The average Bonchev–Trinajstić information content (AvgIpc) is 2.41. The van der Waals surface area contributed by atoms with Gasteiger partial charge in [0.2, 0.25) is 0 Å². The van der Waals surface area contributed by atoms with E-state index in [9.17, 15) is 5.11 Å². The molecule has 18 heavy (non-hydrogen) atoms. The van der Waals surface area contributed by atoms with Crippen LogP contribution in [0.5, 0.6) is 0 Å². The smallest absolute Gasteiger partial charge is 0.180 e. The minimum absolute atomic E-state index is 0.0976. The Morgan fingerprint density at radius 3 is 2.83 bits per heavy atom. The minimum Gasteiger partial charge on any atom is -0.391 e. The summed E-state index contributed by atoms with van der Waals surface area (Å²) >= 11 is 0. The summed E-state index contributed by atoms with van der Waals surface area (Å²) in [5.74, 6) is 0.758. The number of hydrogen-bond acceptors (Lipinski definition) is 5. The molecule has 5 nitrogen and oxygen atoms in total. The number of aliphatic hydroxyl groups is 1. The van der Waals surface area contributed by atoms with Gasteiger partial charge in [0, 0.05) is 12.4 Å². The number of pyridine rings is 1. The highest BCUT2D eigenvalue weighted by molar-refractivity contribution is 5.71. The summed E-state index contributed by atoms with van der Waals surface area (Å²) in [6, 6.07) is 3.88. The van der Waals surface area contributed by atoms with Crippen LogP contribution in [0.1, 0.15) is 25.7 Å². The largest absolute Gasteiger partial charge is 0.391 e. The molecule has 2 unspecified atom stereocenters. The Kier molecular flexibility index (Phi) is 3.06. The molecule has 1 fully saturated rings. The lowest BCUT2D eigenvalue weighted by atomic mass is 9.92. The Morgan fingerprint density at radius 2 is 1.94 bits per heavy atom. The van der Waals surface area contributed by atoms with Gasteiger partial charge in [-0.2, -0.15) is 0 Å². The Morgan fingerprint density at radius 1 is 1.11 bits per heavy atom. The van der Waals surface area contributed by atoms with Crippen LogP contribution in [0.15, 0.2) is 24.5 Å². The number of fused-ring (bicyclic) bond motifs is 1. The third-order valence-corrected chi connectivity index (χ3v) is 3.39. The molecule has 2 aromatic rings. The zero-order chi connectivity index (χ0) is 12.4. The van der Waals surface area contributed by atoms with Gasteiger partial charge in [-0.05, 0) is 25.0 Å². The summed E-state index contributed by atoms with van der Waals surface area (Å²) in [5.41, 5.74) is 1.42. The number of nitrogens with zero attached hydrogens (tertiary/aromatic N) is 3. The van der Waals surface area contributed by atoms with Crippen molar-refractivity contribution >= 4 is 17.0 Å². The number of rotatable bonds is 2. The van der Waals surface area contributed by atoms with Gasteiger partial charge in [0.1, 0.15) is 11.3 Å². The molecule has 2 heterocycles. The van der Waals surface area contributed by atoms with E-state index in [1.165, 1.54) is 0 Å². The van der Waals surface area contributed by atoms with Crippen molar-refractivity contribution in [3.63, 3.8) is 0 Å². The van der Waals surface area contributed by atoms with Crippen LogP contribution in [-0.4, -0.2) is 32.2 Å². The Hall–Kier alpha value is -1.75. The van der Waals surface area contributed by atoms with Crippen molar-refractivity contribution in [2.45, 2.75) is 37.8 Å². The van der Waals surface area contributed by atoms with Gasteiger partial charge in [0.05, 0.1) is 12.1 Å². The SMILES string of the molecule is OC1CCCCC1Nc1ccc2nccnc2n1. The van der Waals surface area contributed by atoms with Crippen molar-refractivity contribution in [2.75, 3.05) is 5.32 Å². The molecular weight excluding hydrogens is 228 g/mol. The molecule has 1 aliphatic rings. The lowest BCUT2D eigenvalue weighted by Crippen LogP contribution is -2.36. The van der Waals surface area contributed by atoms with Gasteiger partial charge in [-0.1, -0.05) is 12.8 Å². The minimum atomic E-state index is -0.280. The van der Waals surface area contributed by atoms with Crippen molar-refractivity contribution in [2.24, 2.45) is 0 Å². The van der Waals surface area contributed by atoms with Crippen LogP contribution in [0.4, 0.5) is 5.82 Å². The molecule has 1 saturated carbocycles. The number of hydrogen-bond donors (Lipinski definition) is 2. The third-order valence-electron chi connectivity index (χ3n) is 3.39. The number of nitrogens with one attached hydrogen (secondary N) is 1. The fourth-order valence-corrected chi connectivity index (χ4v) is 2.40. The molecule has 2 atom stereocenters. The highest BCUT2D eigenvalue weighted by atomic mass is 16.3. The van der Waals surface area contributed by atoms with Crippen molar-refractivity contribution in [3.05, 3.63) is 24.5 Å². The maximum Gasteiger partial charge on any atom is 0.180 e. The predicted molar refractivity (Wildman–Crippen MR) is 69.2 cm³/mol. The topological polar surface area (TPSA) is 70.9 Å². The normalized spacial score (nSPS) is 24.1. The number of aromatic nitrogens is 3. The second-order valence-corrected chi connectivity index (χ2v) is 4.70. The monoisotopic (exact) mass is 244 g/mol. The van der Waals surface area contributed by atoms with Gasteiger partial charge >= 0.3 is 0 Å². The lowest BCUT2D eigenvalue weighted by Gasteiger charge is -2.28. The number of aliphatic hydroxyl groups excluding tert-OH is 1. The van der Waals surface area contributed by atoms with Crippen LogP contribution >= 0.6 is 0 Å². The van der Waals surface area contributed by atoms with Crippen molar-refractivity contribution in [1.29, 1.82) is 0 Å². The van der Waals surface area contributed by atoms with Crippen LogP contribution in [0.2, 0.25) is 0 Å².